The van der Waals surface area contributed by atoms with Gasteiger partial charge in [-0.05, 0) is 13.0 Å². The molecular formula is C11H9NO2. The number of rotatable bonds is 2. The van der Waals surface area contributed by atoms with E-state index in [1.807, 2.05) is 31.2 Å². The van der Waals surface area contributed by atoms with E-state index in [9.17, 15) is 4.79 Å². The molecule has 70 valence electrons. The monoisotopic (exact) mass is 187 g/mol. The van der Waals surface area contributed by atoms with Gasteiger partial charge in [0, 0.05) is 5.56 Å². The Bertz CT molecular complexity index is 460. The van der Waals surface area contributed by atoms with Crippen LogP contribution in [0.1, 0.15) is 16.1 Å². The van der Waals surface area contributed by atoms with Crippen LogP contribution >= 0.6 is 0 Å². The highest BCUT2D eigenvalue weighted by Gasteiger charge is 2.08. The largest absolute Gasteiger partial charge is 0.440 e. The lowest BCUT2D eigenvalue weighted by Crippen LogP contribution is -1.84. The normalized spacial score (nSPS) is 10.1. The van der Waals surface area contributed by atoms with E-state index in [4.69, 9.17) is 4.42 Å². The topological polar surface area (TPSA) is 43.1 Å². The summed E-state index contributed by atoms with van der Waals surface area (Å²) in [6.45, 7) is 1.99. The molecule has 0 aliphatic heterocycles. The van der Waals surface area contributed by atoms with Crippen molar-refractivity contribution in [2.75, 3.05) is 0 Å². The first-order valence-corrected chi connectivity index (χ1v) is 4.27. The van der Waals surface area contributed by atoms with Crippen LogP contribution in [-0.2, 0) is 0 Å². The molecule has 2 rings (SSSR count). The second kappa shape index (κ2) is 3.46. The molecule has 0 amide bonds. The summed E-state index contributed by atoms with van der Waals surface area (Å²) in [6.07, 6.45) is 1.95. The molecule has 0 atom stereocenters. The van der Waals surface area contributed by atoms with Gasteiger partial charge in [0.15, 0.2) is 18.4 Å². The van der Waals surface area contributed by atoms with Crippen LogP contribution in [-0.4, -0.2) is 11.3 Å². The summed E-state index contributed by atoms with van der Waals surface area (Å²) in [5.74, 6) is 0.274. The number of aldehydes is 1. The molecule has 0 fully saturated rings. The lowest BCUT2D eigenvalue weighted by molar-refractivity contribution is 0.110. The minimum absolute atomic E-state index is 0.274. The third-order valence-corrected chi connectivity index (χ3v) is 1.99. The first-order valence-electron chi connectivity index (χ1n) is 4.27. The molecule has 1 aromatic carbocycles. The van der Waals surface area contributed by atoms with E-state index < -0.39 is 0 Å². The zero-order valence-corrected chi connectivity index (χ0v) is 7.73. The molecule has 3 heteroatoms. The number of carbonyl (C=O) groups excluding carboxylic acids is 1. The average Bonchev–Trinajstić information content (AvgIpc) is 2.65. The fourth-order valence-corrected chi connectivity index (χ4v) is 1.35. The van der Waals surface area contributed by atoms with Crippen molar-refractivity contribution in [2.45, 2.75) is 6.92 Å². The van der Waals surface area contributed by atoms with Gasteiger partial charge in [0.2, 0.25) is 0 Å². The van der Waals surface area contributed by atoms with Crippen LogP contribution in [0.25, 0.3) is 11.3 Å². The van der Waals surface area contributed by atoms with Crippen molar-refractivity contribution in [2.24, 2.45) is 0 Å². The van der Waals surface area contributed by atoms with Crippen molar-refractivity contribution in [3.63, 3.8) is 0 Å². The summed E-state index contributed by atoms with van der Waals surface area (Å²) in [7, 11) is 0. The number of hydrogen-bond acceptors (Lipinski definition) is 3. The van der Waals surface area contributed by atoms with E-state index in [-0.39, 0.29) is 5.76 Å². The van der Waals surface area contributed by atoms with Gasteiger partial charge in [-0.1, -0.05) is 23.8 Å². The maximum absolute atomic E-state index is 10.6. The number of benzene rings is 1. The van der Waals surface area contributed by atoms with Crippen molar-refractivity contribution in [1.29, 1.82) is 0 Å². The molecule has 1 heterocycles. The van der Waals surface area contributed by atoms with Crippen molar-refractivity contribution < 1.29 is 9.21 Å². The predicted octanol–water partition coefficient (Wildman–Crippen LogP) is 2.46. The fourth-order valence-electron chi connectivity index (χ4n) is 1.35. The van der Waals surface area contributed by atoms with E-state index in [1.165, 1.54) is 6.39 Å². The number of oxazole rings is 1. The summed E-state index contributed by atoms with van der Waals surface area (Å²) in [6, 6.07) is 7.78. The highest BCUT2D eigenvalue weighted by atomic mass is 16.3. The Morgan fingerprint density at radius 2 is 2.29 bits per heavy atom. The van der Waals surface area contributed by atoms with Crippen LogP contribution in [0.2, 0.25) is 0 Å². The van der Waals surface area contributed by atoms with Gasteiger partial charge in [0.1, 0.15) is 5.69 Å². The molecule has 0 aliphatic rings. The number of hydrogen-bond donors (Lipinski definition) is 0. The second-order valence-electron chi connectivity index (χ2n) is 3.05. The third kappa shape index (κ3) is 1.44. The van der Waals surface area contributed by atoms with E-state index in [0.717, 1.165) is 11.1 Å². The summed E-state index contributed by atoms with van der Waals surface area (Å²) >= 11 is 0. The number of aromatic nitrogens is 1. The number of nitrogens with zero attached hydrogens (tertiary/aromatic N) is 1. The van der Waals surface area contributed by atoms with Crippen LogP contribution in [0.4, 0.5) is 0 Å². The van der Waals surface area contributed by atoms with Gasteiger partial charge >= 0.3 is 0 Å². The van der Waals surface area contributed by atoms with Crippen LogP contribution in [0.5, 0.6) is 0 Å². The summed E-state index contributed by atoms with van der Waals surface area (Å²) in [5.41, 5.74) is 2.63. The van der Waals surface area contributed by atoms with Crippen molar-refractivity contribution in [3.8, 4) is 11.3 Å². The van der Waals surface area contributed by atoms with E-state index >= 15 is 0 Å². The van der Waals surface area contributed by atoms with E-state index in [0.29, 0.717) is 12.0 Å². The molecule has 1 aromatic heterocycles. The summed E-state index contributed by atoms with van der Waals surface area (Å²) < 4.78 is 4.93. The number of carbonyl (C=O) groups is 1. The molecule has 0 unspecified atom stereocenters. The van der Waals surface area contributed by atoms with Crippen LogP contribution in [0, 0.1) is 6.92 Å². The number of aryl methyl sites for hydroxylation is 1. The molecule has 0 saturated carbocycles. The molecule has 0 aliphatic carbocycles. The molecule has 0 bridgehead atoms. The molecule has 2 aromatic rings. The van der Waals surface area contributed by atoms with Crippen molar-refractivity contribution in [3.05, 3.63) is 42.0 Å². The quantitative estimate of drug-likeness (QED) is 0.678. The Morgan fingerprint density at radius 3 is 3.00 bits per heavy atom. The van der Waals surface area contributed by atoms with E-state index in [2.05, 4.69) is 4.98 Å². The summed E-state index contributed by atoms with van der Waals surface area (Å²) in [4.78, 5) is 14.6. The van der Waals surface area contributed by atoms with Gasteiger partial charge in [-0.15, -0.1) is 0 Å². The molecule has 0 spiro atoms. The highest BCUT2D eigenvalue weighted by Crippen LogP contribution is 2.21. The molecule has 14 heavy (non-hydrogen) atoms. The molecular weight excluding hydrogens is 178 g/mol. The minimum atomic E-state index is 0.274. The molecule has 0 saturated heterocycles. The first-order chi connectivity index (χ1) is 6.81. The Morgan fingerprint density at radius 1 is 1.43 bits per heavy atom. The first kappa shape index (κ1) is 8.69. The Kier molecular flexibility index (Phi) is 2.14. The zero-order valence-electron chi connectivity index (χ0n) is 7.73. The van der Waals surface area contributed by atoms with Gasteiger partial charge < -0.3 is 4.42 Å². The fraction of sp³-hybridized carbons (Fsp3) is 0.0909. The van der Waals surface area contributed by atoms with Crippen LogP contribution in [0.3, 0.4) is 0 Å². The van der Waals surface area contributed by atoms with Gasteiger partial charge in [-0.3, -0.25) is 4.79 Å². The standard InChI is InChI=1S/C11H9NO2/c1-8-3-2-4-9(5-8)11-10(6-13)14-7-12-11/h2-7H,1H3. The SMILES string of the molecule is Cc1cccc(-c2ncoc2C=O)c1. The predicted molar refractivity (Wildman–Crippen MR) is 52.1 cm³/mol. The highest BCUT2D eigenvalue weighted by molar-refractivity contribution is 5.82. The smallest absolute Gasteiger partial charge is 0.194 e. The van der Waals surface area contributed by atoms with Gasteiger partial charge in [0.25, 0.3) is 0 Å². The maximum Gasteiger partial charge on any atom is 0.194 e. The zero-order chi connectivity index (χ0) is 9.97. The second-order valence-corrected chi connectivity index (χ2v) is 3.05. The average molecular weight is 187 g/mol. The van der Waals surface area contributed by atoms with Crippen molar-refractivity contribution in [1.82, 2.24) is 4.98 Å². The molecule has 3 nitrogen and oxygen atoms in total. The van der Waals surface area contributed by atoms with Gasteiger partial charge in [0.05, 0.1) is 0 Å². The van der Waals surface area contributed by atoms with Crippen LogP contribution in [0.15, 0.2) is 35.1 Å². The van der Waals surface area contributed by atoms with E-state index in [1.54, 1.807) is 0 Å². The molecule has 0 N–H and O–H groups in total. The van der Waals surface area contributed by atoms with Gasteiger partial charge in [-0.2, -0.15) is 0 Å². The minimum Gasteiger partial charge on any atom is -0.440 e. The molecule has 0 radical (unpaired) electrons. The maximum atomic E-state index is 10.6. The van der Waals surface area contributed by atoms with Crippen LogP contribution < -0.4 is 0 Å². The Hall–Kier alpha value is -1.90. The summed E-state index contributed by atoms with van der Waals surface area (Å²) in [5, 5.41) is 0. The lowest BCUT2D eigenvalue weighted by atomic mass is 10.1. The Labute approximate surface area is 81.4 Å². The Balaban J connectivity index is 2.54. The van der Waals surface area contributed by atoms with Crippen molar-refractivity contribution >= 4 is 6.29 Å². The van der Waals surface area contributed by atoms with Gasteiger partial charge in [-0.25, -0.2) is 4.98 Å². The third-order valence-electron chi connectivity index (χ3n) is 1.99. The lowest BCUT2D eigenvalue weighted by Gasteiger charge is -1.97.